The summed E-state index contributed by atoms with van der Waals surface area (Å²) in [5.74, 6) is 4.50. The van der Waals surface area contributed by atoms with Crippen molar-refractivity contribution in [1.82, 2.24) is 64.5 Å². The van der Waals surface area contributed by atoms with Crippen molar-refractivity contribution in [2.24, 2.45) is 0 Å². The zero-order chi connectivity index (χ0) is 94.1. The summed E-state index contributed by atoms with van der Waals surface area (Å²) in [6, 6.07) is 71.0. The number of likely N-dealkylation sites (N-methyl/N-ethyl adjacent to an activating group) is 3. The molecule has 0 bridgehead atoms. The number of halogens is 4. The molecule has 0 atom stereocenters. The number of hydrogen-bond donors (Lipinski definition) is 12. The van der Waals surface area contributed by atoms with Gasteiger partial charge < -0.3 is 88.0 Å². The van der Waals surface area contributed by atoms with Gasteiger partial charge in [0.1, 0.15) is 102 Å². The topological polar surface area (TPSA) is 370 Å². The lowest BCUT2D eigenvalue weighted by Crippen LogP contribution is -2.13. The molecule has 8 aromatic carbocycles. The summed E-state index contributed by atoms with van der Waals surface area (Å²) in [4.78, 5) is 96.1. The third-order valence-corrected chi connectivity index (χ3v) is 18.7. The number of aryl methyl sites for hydroxylation is 1. The van der Waals surface area contributed by atoms with Gasteiger partial charge in [0.2, 0.25) is 23.6 Å². The lowest BCUT2D eigenvalue weighted by Gasteiger charge is -2.12. The van der Waals surface area contributed by atoms with E-state index in [1.165, 1.54) is 67.3 Å². The van der Waals surface area contributed by atoms with E-state index in [0.717, 1.165) is 51.2 Å². The SMILES string of the molecule is C=CC(=O)Nc1cccc(Nc2cc(Nc3ccc(OCc4ccccn4)c(Cl)c3)ncn2)c1.CN(C)C/C=C/C(=O)Nc1cccc(Nc2cc(Nc3ccc(F)c(Cl)c3)ncn2)c1.CN(C)C/C=C/C(=O)Nc1cccc(Nc2cc(Nc3ccc(OCc4ccccn4)c(Cl)c3)ncn2)c1.Cc1cccc(Nc2cc(Nc3cccc(NC(=O)/C=C/CN(C)C)c3)ncn2)c1. The highest BCUT2D eigenvalue weighted by Gasteiger charge is 2.14. The summed E-state index contributed by atoms with van der Waals surface area (Å²) >= 11 is 18.6. The van der Waals surface area contributed by atoms with Crippen LogP contribution < -0.4 is 73.3 Å². The van der Waals surface area contributed by atoms with Gasteiger partial charge in [-0.1, -0.05) is 108 Å². The van der Waals surface area contributed by atoms with Gasteiger partial charge in [-0.25, -0.2) is 44.3 Å². The van der Waals surface area contributed by atoms with Gasteiger partial charge in [0, 0.05) is 143 Å². The quantitative estimate of drug-likeness (QED) is 0.0162. The molecule has 12 N–H and O–H groups in total. The molecule has 678 valence electrons. The Balaban J connectivity index is 0.000000172. The average molecular weight is 1850 g/mol. The molecule has 14 aromatic rings. The summed E-state index contributed by atoms with van der Waals surface area (Å²) in [6.07, 6.45) is 20.4. The number of nitrogens with zero attached hydrogens (tertiary/aromatic N) is 13. The largest absolute Gasteiger partial charge is 0.486 e. The first kappa shape index (κ1) is 97.5. The molecule has 0 saturated heterocycles. The third kappa shape index (κ3) is 35.1. The highest BCUT2D eigenvalue weighted by Crippen LogP contribution is 2.34. The van der Waals surface area contributed by atoms with Crippen LogP contribution in [0.5, 0.6) is 11.5 Å². The van der Waals surface area contributed by atoms with Crippen LogP contribution in [0.4, 0.5) is 119 Å². The van der Waals surface area contributed by atoms with Crippen molar-refractivity contribution in [1.29, 1.82) is 0 Å². The van der Waals surface area contributed by atoms with E-state index >= 15 is 0 Å². The van der Waals surface area contributed by atoms with Crippen LogP contribution in [-0.2, 0) is 32.4 Å². The normalized spacial score (nSPS) is 10.8. The van der Waals surface area contributed by atoms with Crippen molar-refractivity contribution < 1.29 is 33.0 Å². The van der Waals surface area contributed by atoms with Crippen LogP contribution in [0, 0.1) is 12.7 Å². The van der Waals surface area contributed by atoms with Crippen LogP contribution in [0.2, 0.25) is 15.1 Å². The van der Waals surface area contributed by atoms with Gasteiger partial charge in [0.15, 0.2) is 0 Å². The second-order valence-corrected chi connectivity index (χ2v) is 30.9. The lowest BCUT2D eigenvalue weighted by atomic mass is 10.2. The fourth-order valence-corrected chi connectivity index (χ4v) is 12.3. The molecule has 133 heavy (non-hydrogen) atoms. The summed E-state index contributed by atoms with van der Waals surface area (Å²) in [7, 11) is 11.6. The van der Waals surface area contributed by atoms with Gasteiger partial charge in [0.25, 0.3) is 0 Å². The maximum absolute atomic E-state index is 13.3. The van der Waals surface area contributed by atoms with Crippen molar-refractivity contribution >= 4 is 173 Å². The fraction of sp³-hybridized carbons (Fsp3) is 0.122. The molecular weight excluding hydrogens is 1750 g/mol. The minimum absolute atomic E-state index is 0.0211. The molecule has 0 saturated carbocycles. The van der Waals surface area contributed by atoms with E-state index in [0.29, 0.717) is 129 Å². The molecule has 31 nitrogen and oxygen atoms in total. The molecule has 4 amide bonds. The van der Waals surface area contributed by atoms with Crippen LogP contribution in [0.3, 0.4) is 0 Å². The number of carbonyl (C=O) groups excluding carboxylic acids is 4. The molecule has 0 aliphatic rings. The predicted molar refractivity (Wildman–Crippen MR) is 531 cm³/mol. The van der Waals surface area contributed by atoms with E-state index in [9.17, 15) is 23.6 Å². The maximum atomic E-state index is 13.3. The number of ether oxygens (including phenoxy) is 2. The number of amides is 4. The average Bonchev–Trinajstić information content (AvgIpc) is 0.853. The molecule has 14 rings (SSSR count). The van der Waals surface area contributed by atoms with Gasteiger partial charge in [-0.15, -0.1) is 0 Å². The number of carbonyl (C=O) groups is 4. The first-order valence-electron chi connectivity index (χ1n) is 41.2. The molecule has 0 radical (unpaired) electrons. The molecule has 6 aromatic heterocycles. The third-order valence-electron chi connectivity index (χ3n) is 17.8. The smallest absolute Gasteiger partial charge is 0.248 e. The number of benzene rings is 8. The van der Waals surface area contributed by atoms with Gasteiger partial charge in [-0.2, -0.15) is 0 Å². The standard InChI is InChI=1S/C28H28ClN7O2.C25H21ClN6O2.C23H26N6O.C22H22ClFN6O/c1-36(2)14-6-10-28(37)35-21-9-5-8-20(15-21)33-26-17-27(32-19-31-26)34-22-11-12-25(24(29)16-22)38-18-23-7-3-4-13-30-23;1-2-25(33)32-18-8-5-7-17(12-18)30-23-14-24(29-16-28-23)31-19-9-10-22(21(26)13-19)34-15-20-6-3-4-11-27-20;1-17-7-4-8-18(13-17)26-21-15-22(25-16-24-21)27-19-9-5-10-20(14-19)28-23(30)11-6-12-29(2)3;1-30(2)10-4-7-22(31)29-16-6-3-5-15(11-16)27-20-13-21(26-14-25-20)28-17-8-9-19(24)18(23)12-17/h3-13,15-17,19H,14,18H2,1-2H3,(H,35,37)(H2,31,32,33,34);2-14,16H,1,15H2,(H,32,33)(H2,28,29,30,31);4-11,13-16H,12H2,1-3H3,(H,28,30)(H2,24,25,26,27);3-9,11-14H,10H2,1-2H3,(H,29,31)(H2,25,26,27,28)/b10-6+;;11-6+;7-4+. The van der Waals surface area contributed by atoms with E-state index in [1.54, 1.807) is 91.3 Å². The van der Waals surface area contributed by atoms with Crippen LogP contribution in [-0.4, -0.2) is 150 Å². The first-order valence-corrected chi connectivity index (χ1v) is 42.3. The summed E-state index contributed by atoms with van der Waals surface area (Å²) in [5, 5.41) is 37.8. The van der Waals surface area contributed by atoms with Gasteiger partial charge >= 0.3 is 0 Å². The minimum Gasteiger partial charge on any atom is -0.486 e. The summed E-state index contributed by atoms with van der Waals surface area (Å²) in [6.45, 7) is 8.23. The lowest BCUT2D eigenvalue weighted by molar-refractivity contribution is -0.112. The number of anilines is 20. The second-order valence-electron chi connectivity index (χ2n) is 29.6. The summed E-state index contributed by atoms with van der Waals surface area (Å²) < 4.78 is 24.9. The molecule has 0 fully saturated rings. The molecular formula is C98H97Cl3FN25O6. The highest BCUT2D eigenvalue weighted by molar-refractivity contribution is 6.33. The molecule has 0 spiro atoms. The summed E-state index contributed by atoms with van der Waals surface area (Å²) in [5.41, 5.74) is 11.6. The van der Waals surface area contributed by atoms with Crippen molar-refractivity contribution in [3.63, 3.8) is 0 Å². The van der Waals surface area contributed by atoms with E-state index in [-0.39, 0.29) is 28.7 Å². The number of aromatic nitrogens is 10. The Morgan fingerprint density at radius 3 is 0.880 bits per heavy atom. The van der Waals surface area contributed by atoms with E-state index in [2.05, 4.69) is 120 Å². The Labute approximate surface area is 784 Å². The Morgan fingerprint density at radius 1 is 0.323 bits per heavy atom. The second kappa shape index (κ2) is 51.2. The van der Waals surface area contributed by atoms with Crippen LogP contribution in [0.15, 0.2) is 323 Å². The zero-order valence-corrected chi connectivity index (χ0v) is 75.8. The van der Waals surface area contributed by atoms with E-state index < -0.39 is 5.82 Å². The van der Waals surface area contributed by atoms with Crippen molar-refractivity contribution in [3.05, 3.63) is 361 Å². The number of rotatable bonds is 36. The highest BCUT2D eigenvalue weighted by atomic mass is 35.5. The Bertz CT molecular complexity index is 6320. The van der Waals surface area contributed by atoms with Crippen LogP contribution in [0.25, 0.3) is 0 Å². The van der Waals surface area contributed by atoms with Crippen molar-refractivity contribution in [2.75, 3.05) is 126 Å². The number of pyridine rings is 2. The Morgan fingerprint density at radius 2 is 0.602 bits per heavy atom. The molecule has 0 aliphatic carbocycles. The Kier molecular flexibility index (Phi) is 37.5. The van der Waals surface area contributed by atoms with Crippen molar-refractivity contribution in [3.8, 4) is 11.5 Å². The van der Waals surface area contributed by atoms with Crippen molar-refractivity contribution in [2.45, 2.75) is 20.1 Å². The molecule has 6 heterocycles. The molecule has 0 unspecified atom stereocenters. The zero-order valence-electron chi connectivity index (χ0n) is 73.5. The van der Waals surface area contributed by atoms with Gasteiger partial charge in [-0.3, -0.25) is 29.1 Å². The molecule has 0 aliphatic heterocycles. The van der Waals surface area contributed by atoms with E-state index in [4.69, 9.17) is 44.3 Å². The van der Waals surface area contributed by atoms with E-state index in [1.807, 2.05) is 228 Å². The Hall–Kier alpha value is -16.1. The fourth-order valence-electron chi connectivity index (χ4n) is 11.7. The minimum atomic E-state index is -0.488. The number of hydrogen-bond acceptors (Lipinski definition) is 27. The number of nitrogens with one attached hydrogen (secondary N) is 12. The van der Waals surface area contributed by atoms with Gasteiger partial charge in [-0.05, 0) is 225 Å². The predicted octanol–water partition coefficient (Wildman–Crippen LogP) is 20.5. The monoisotopic (exact) mass is 1840 g/mol. The van der Waals surface area contributed by atoms with Crippen LogP contribution >= 0.6 is 34.8 Å². The first-order chi connectivity index (χ1) is 64.4. The van der Waals surface area contributed by atoms with Gasteiger partial charge in [0.05, 0.1) is 26.5 Å². The van der Waals surface area contributed by atoms with Crippen LogP contribution in [0.1, 0.15) is 17.0 Å². The molecule has 35 heteroatoms. The maximum Gasteiger partial charge on any atom is 0.248 e.